The predicted octanol–water partition coefficient (Wildman–Crippen LogP) is 2.09. The molecule has 0 aliphatic carbocycles. The second-order valence-corrected chi connectivity index (χ2v) is 3.45. The molecule has 16 heavy (non-hydrogen) atoms. The van der Waals surface area contributed by atoms with Gasteiger partial charge in [0.15, 0.2) is 5.15 Å². The van der Waals surface area contributed by atoms with E-state index in [1.165, 1.54) is 0 Å². The number of halogens is 5. The first-order valence-electron chi connectivity index (χ1n) is 3.86. The molecule has 9 heteroatoms. The number of aromatic nitrogens is 2. The summed E-state index contributed by atoms with van der Waals surface area (Å²) in [6.45, 7) is -2.05. The Labute approximate surface area is 97.6 Å². The van der Waals surface area contributed by atoms with Crippen LogP contribution in [0.15, 0.2) is 11.1 Å². The van der Waals surface area contributed by atoms with E-state index in [-0.39, 0.29) is 10.2 Å². The number of alkyl halides is 3. The van der Waals surface area contributed by atoms with Crippen LogP contribution in [0.3, 0.4) is 0 Å². The lowest BCUT2D eigenvalue weighted by molar-refractivity contribution is -0.182. The molecule has 1 heterocycles. The van der Waals surface area contributed by atoms with Gasteiger partial charge < -0.3 is 4.74 Å². The second kappa shape index (κ2) is 5.03. The first kappa shape index (κ1) is 13.3. The van der Waals surface area contributed by atoms with Gasteiger partial charge in [0.1, 0.15) is 24.7 Å². The molecule has 0 aromatic carbocycles. The van der Waals surface area contributed by atoms with Gasteiger partial charge in [0.05, 0.1) is 0 Å². The highest BCUT2D eigenvalue weighted by Crippen LogP contribution is 2.15. The molecule has 0 atom stereocenters. The Hall–Kier alpha value is -0.790. The standard InChI is InChI=1S/C7H5Cl2F3N2O2/c8-4-5(9)13-2-14(6(4)15)3-16-1-7(10,11)12/h2H,1,3H2. The third-order valence-corrected chi connectivity index (χ3v) is 2.16. The average molecular weight is 277 g/mol. The summed E-state index contributed by atoms with van der Waals surface area (Å²) >= 11 is 10.9. The van der Waals surface area contributed by atoms with Crippen LogP contribution in [0.4, 0.5) is 13.2 Å². The molecule has 0 fully saturated rings. The van der Waals surface area contributed by atoms with Crippen LogP contribution in [0, 0.1) is 0 Å². The molecular formula is C7H5Cl2F3N2O2. The molecule has 0 N–H and O–H groups in total. The molecule has 0 bridgehead atoms. The molecule has 0 unspecified atom stereocenters. The van der Waals surface area contributed by atoms with E-state index in [9.17, 15) is 18.0 Å². The van der Waals surface area contributed by atoms with E-state index >= 15 is 0 Å². The van der Waals surface area contributed by atoms with Gasteiger partial charge in [0.25, 0.3) is 5.56 Å². The Morgan fingerprint density at radius 3 is 2.62 bits per heavy atom. The molecule has 0 amide bonds. The average Bonchev–Trinajstić information content (AvgIpc) is 2.16. The summed E-state index contributed by atoms with van der Waals surface area (Å²) in [5, 5.41) is -0.571. The lowest BCUT2D eigenvalue weighted by atomic mass is 10.6. The van der Waals surface area contributed by atoms with Crippen LogP contribution in [0.25, 0.3) is 0 Å². The van der Waals surface area contributed by atoms with Crippen LogP contribution in [0.5, 0.6) is 0 Å². The molecule has 0 saturated carbocycles. The zero-order valence-corrected chi connectivity index (χ0v) is 9.10. The Morgan fingerprint density at radius 2 is 2.06 bits per heavy atom. The fourth-order valence-corrected chi connectivity index (χ4v) is 1.08. The summed E-state index contributed by atoms with van der Waals surface area (Å²) in [6.07, 6.45) is -3.50. The van der Waals surface area contributed by atoms with Gasteiger partial charge in [-0.25, -0.2) is 4.98 Å². The van der Waals surface area contributed by atoms with Crippen molar-refractivity contribution in [3.63, 3.8) is 0 Å². The van der Waals surface area contributed by atoms with Crippen molar-refractivity contribution >= 4 is 23.2 Å². The third kappa shape index (κ3) is 3.66. The largest absolute Gasteiger partial charge is 0.411 e. The van der Waals surface area contributed by atoms with Gasteiger partial charge in [-0.15, -0.1) is 0 Å². The minimum Gasteiger partial charge on any atom is -0.351 e. The summed E-state index contributed by atoms with van der Waals surface area (Å²) in [5.41, 5.74) is -0.760. The van der Waals surface area contributed by atoms with E-state index in [0.29, 0.717) is 0 Å². The molecule has 0 aliphatic rings. The van der Waals surface area contributed by atoms with Gasteiger partial charge in [0, 0.05) is 0 Å². The van der Waals surface area contributed by atoms with Gasteiger partial charge in [0.2, 0.25) is 0 Å². The Kier molecular flexibility index (Phi) is 4.17. The molecule has 0 aliphatic heterocycles. The van der Waals surface area contributed by atoms with Crippen molar-refractivity contribution in [2.75, 3.05) is 6.61 Å². The molecule has 4 nitrogen and oxygen atoms in total. The number of hydrogen-bond acceptors (Lipinski definition) is 3. The molecule has 1 aromatic rings. The number of nitrogens with zero attached hydrogens (tertiary/aromatic N) is 2. The van der Waals surface area contributed by atoms with Crippen molar-refractivity contribution in [2.45, 2.75) is 12.9 Å². The maximum Gasteiger partial charge on any atom is 0.411 e. The summed E-state index contributed by atoms with van der Waals surface area (Å²) in [4.78, 5) is 14.8. The fourth-order valence-electron chi connectivity index (χ4n) is 0.795. The molecule has 1 aromatic heterocycles. The van der Waals surface area contributed by atoms with Crippen molar-refractivity contribution < 1.29 is 17.9 Å². The van der Waals surface area contributed by atoms with Crippen LogP contribution in [0.2, 0.25) is 10.2 Å². The Bertz CT molecular complexity index is 433. The van der Waals surface area contributed by atoms with Gasteiger partial charge in [-0.1, -0.05) is 23.2 Å². The Morgan fingerprint density at radius 1 is 1.44 bits per heavy atom. The first-order chi connectivity index (χ1) is 7.31. The highest BCUT2D eigenvalue weighted by molar-refractivity contribution is 6.40. The minimum absolute atomic E-state index is 0.210. The fraction of sp³-hybridized carbons (Fsp3) is 0.429. The van der Waals surface area contributed by atoms with Gasteiger partial charge in [-0.2, -0.15) is 13.2 Å². The number of hydrogen-bond donors (Lipinski definition) is 0. The van der Waals surface area contributed by atoms with Crippen LogP contribution >= 0.6 is 23.2 Å². The van der Waals surface area contributed by atoms with E-state index in [1.807, 2.05) is 0 Å². The summed E-state index contributed by atoms with van der Waals surface area (Å²) in [7, 11) is 0. The highest BCUT2D eigenvalue weighted by atomic mass is 35.5. The summed E-state index contributed by atoms with van der Waals surface area (Å²) < 4.78 is 40.2. The van der Waals surface area contributed by atoms with E-state index in [1.54, 1.807) is 0 Å². The normalized spacial score (nSPS) is 11.8. The molecule has 0 saturated heterocycles. The molecule has 0 spiro atoms. The van der Waals surface area contributed by atoms with Crippen molar-refractivity contribution in [3.05, 3.63) is 26.9 Å². The topological polar surface area (TPSA) is 44.1 Å². The zero-order chi connectivity index (χ0) is 12.3. The van der Waals surface area contributed by atoms with E-state index in [0.717, 1.165) is 10.9 Å². The minimum atomic E-state index is -4.45. The molecule has 0 radical (unpaired) electrons. The number of ether oxygens (including phenoxy) is 1. The van der Waals surface area contributed by atoms with Crippen molar-refractivity contribution in [3.8, 4) is 0 Å². The molecule has 90 valence electrons. The Balaban J connectivity index is 2.69. The summed E-state index contributed by atoms with van der Waals surface area (Å²) in [6, 6.07) is 0. The maximum absolute atomic E-state index is 11.7. The van der Waals surface area contributed by atoms with Gasteiger partial charge in [-0.3, -0.25) is 9.36 Å². The van der Waals surface area contributed by atoms with E-state index in [2.05, 4.69) is 9.72 Å². The highest BCUT2D eigenvalue weighted by Gasteiger charge is 2.27. The van der Waals surface area contributed by atoms with E-state index in [4.69, 9.17) is 23.2 Å². The lowest BCUT2D eigenvalue weighted by Gasteiger charge is -2.09. The predicted molar refractivity (Wildman–Crippen MR) is 50.5 cm³/mol. The monoisotopic (exact) mass is 276 g/mol. The third-order valence-electron chi connectivity index (χ3n) is 1.44. The van der Waals surface area contributed by atoms with Crippen LogP contribution < -0.4 is 5.56 Å². The second-order valence-electron chi connectivity index (χ2n) is 2.72. The van der Waals surface area contributed by atoms with Gasteiger partial charge >= 0.3 is 6.18 Å². The van der Waals surface area contributed by atoms with Crippen molar-refractivity contribution in [2.24, 2.45) is 0 Å². The van der Waals surface area contributed by atoms with Crippen molar-refractivity contribution in [1.82, 2.24) is 9.55 Å². The zero-order valence-electron chi connectivity index (χ0n) is 7.59. The van der Waals surface area contributed by atoms with E-state index < -0.39 is 25.1 Å². The lowest BCUT2D eigenvalue weighted by Crippen LogP contribution is -2.25. The SMILES string of the molecule is O=c1c(Cl)c(Cl)ncn1COCC(F)(F)F. The van der Waals surface area contributed by atoms with Crippen LogP contribution in [0.1, 0.15) is 0 Å². The van der Waals surface area contributed by atoms with Crippen LogP contribution in [-0.2, 0) is 11.5 Å². The smallest absolute Gasteiger partial charge is 0.351 e. The van der Waals surface area contributed by atoms with Gasteiger partial charge in [-0.05, 0) is 0 Å². The van der Waals surface area contributed by atoms with Crippen LogP contribution in [-0.4, -0.2) is 22.3 Å². The summed E-state index contributed by atoms with van der Waals surface area (Å²) in [5.74, 6) is 0. The molecular weight excluding hydrogens is 272 g/mol. The maximum atomic E-state index is 11.7. The van der Waals surface area contributed by atoms with Crippen molar-refractivity contribution in [1.29, 1.82) is 0 Å². The molecule has 1 rings (SSSR count). The first-order valence-corrected chi connectivity index (χ1v) is 4.62. The quantitative estimate of drug-likeness (QED) is 0.794. The number of rotatable bonds is 3.